The first-order chi connectivity index (χ1) is 11.6. The number of carbonyl (C=O) groups excluding carboxylic acids is 1. The van der Waals surface area contributed by atoms with Crippen LogP contribution in [-0.4, -0.2) is 39.7 Å². The minimum Gasteiger partial charge on any atom is -0.488 e. The van der Waals surface area contributed by atoms with Gasteiger partial charge in [0.25, 0.3) is 5.91 Å². The summed E-state index contributed by atoms with van der Waals surface area (Å²) >= 11 is 0. The van der Waals surface area contributed by atoms with Crippen LogP contribution in [0.5, 0.6) is 5.75 Å². The largest absolute Gasteiger partial charge is 0.488 e. The van der Waals surface area contributed by atoms with E-state index in [1.54, 1.807) is 18.3 Å². The summed E-state index contributed by atoms with van der Waals surface area (Å²) in [6.45, 7) is 0.337. The molecule has 6 nitrogen and oxygen atoms in total. The third-order valence-electron chi connectivity index (χ3n) is 4.25. The molecule has 1 aromatic heterocycles. The lowest BCUT2D eigenvalue weighted by atomic mass is 9.84. The molecule has 1 heterocycles. The van der Waals surface area contributed by atoms with Gasteiger partial charge in [-0.1, -0.05) is 6.07 Å². The highest BCUT2D eigenvalue weighted by Gasteiger charge is 2.33. The first-order valence-electron chi connectivity index (χ1n) is 8.01. The van der Waals surface area contributed by atoms with E-state index in [2.05, 4.69) is 15.3 Å². The molecular formula is C17H20FN3O3. The zero-order valence-electron chi connectivity index (χ0n) is 13.1. The number of nitrogens with one attached hydrogen (secondary N) is 2. The molecule has 0 saturated heterocycles. The number of nitrogens with zero attached hydrogens (tertiary/aromatic N) is 1. The van der Waals surface area contributed by atoms with Gasteiger partial charge in [0.1, 0.15) is 17.7 Å². The van der Waals surface area contributed by atoms with Crippen molar-refractivity contribution in [2.75, 3.05) is 6.54 Å². The van der Waals surface area contributed by atoms with Crippen LogP contribution in [0.15, 0.2) is 36.7 Å². The lowest BCUT2D eigenvalue weighted by Gasteiger charge is -2.34. The molecule has 128 valence electrons. The minimum absolute atomic E-state index is 0.115. The highest BCUT2D eigenvalue weighted by Crippen LogP contribution is 2.28. The lowest BCUT2D eigenvalue weighted by molar-refractivity contribution is -0.0302. The molecule has 1 aliphatic rings. The van der Waals surface area contributed by atoms with E-state index < -0.39 is 12.2 Å². The van der Waals surface area contributed by atoms with Crippen LogP contribution in [0.4, 0.5) is 4.39 Å². The minimum atomic E-state index is -0.723. The molecule has 24 heavy (non-hydrogen) atoms. The molecule has 1 saturated carbocycles. The van der Waals surface area contributed by atoms with Crippen LogP contribution in [0.2, 0.25) is 0 Å². The van der Waals surface area contributed by atoms with Gasteiger partial charge in [-0.15, -0.1) is 0 Å². The highest BCUT2D eigenvalue weighted by molar-refractivity contribution is 5.90. The van der Waals surface area contributed by atoms with E-state index in [1.165, 1.54) is 18.3 Å². The van der Waals surface area contributed by atoms with Crippen molar-refractivity contribution in [1.29, 1.82) is 0 Å². The number of imidazole rings is 1. The zero-order chi connectivity index (χ0) is 16.9. The molecule has 0 unspecified atom stereocenters. The number of halogens is 1. The Bertz CT molecular complexity index is 677. The molecule has 3 N–H and O–H groups in total. The van der Waals surface area contributed by atoms with Crippen molar-refractivity contribution < 1.29 is 19.0 Å². The van der Waals surface area contributed by atoms with E-state index in [-0.39, 0.29) is 23.5 Å². The second-order valence-corrected chi connectivity index (χ2v) is 5.94. The van der Waals surface area contributed by atoms with Crippen LogP contribution in [0.3, 0.4) is 0 Å². The summed E-state index contributed by atoms with van der Waals surface area (Å²) in [5.41, 5.74) is 0. The maximum Gasteiger partial charge on any atom is 0.287 e. The number of ether oxygens (including phenoxy) is 1. The van der Waals surface area contributed by atoms with Crippen molar-refractivity contribution in [3.63, 3.8) is 0 Å². The number of aliphatic hydroxyl groups is 1. The van der Waals surface area contributed by atoms with Gasteiger partial charge in [-0.05, 0) is 31.4 Å². The predicted octanol–water partition coefficient (Wildman–Crippen LogP) is 1.89. The second kappa shape index (κ2) is 7.44. The van der Waals surface area contributed by atoms with Gasteiger partial charge in [0, 0.05) is 30.9 Å². The molecule has 1 aliphatic carbocycles. The number of aliphatic hydroxyl groups excluding tert-OH is 1. The molecule has 0 aliphatic heterocycles. The molecule has 0 spiro atoms. The normalized spacial score (nSPS) is 23.7. The average molecular weight is 333 g/mol. The van der Waals surface area contributed by atoms with E-state index in [0.717, 1.165) is 12.8 Å². The van der Waals surface area contributed by atoms with Crippen molar-refractivity contribution in [3.05, 3.63) is 48.3 Å². The van der Waals surface area contributed by atoms with Crippen molar-refractivity contribution in [2.45, 2.75) is 31.5 Å². The Morgan fingerprint density at radius 1 is 1.46 bits per heavy atom. The Hall–Kier alpha value is -2.41. The summed E-state index contributed by atoms with van der Waals surface area (Å²) in [5.74, 6) is -0.149. The first kappa shape index (κ1) is 16.4. The maximum atomic E-state index is 13.2. The quantitative estimate of drug-likeness (QED) is 0.780. The fourth-order valence-electron chi connectivity index (χ4n) is 2.99. The molecular weight excluding hydrogens is 313 g/mol. The van der Waals surface area contributed by atoms with Gasteiger partial charge in [-0.3, -0.25) is 4.79 Å². The van der Waals surface area contributed by atoms with Crippen LogP contribution in [0.1, 0.15) is 29.9 Å². The third-order valence-corrected chi connectivity index (χ3v) is 4.25. The Morgan fingerprint density at radius 3 is 3.08 bits per heavy atom. The number of hydrogen-bond donors (Lipinski definition) is 3. The van der Waals surface area contributed by atoms with Crippen molar-refractivity contribution in [2.24, 2.45) is 5.92 Å². The Labute approximate surface area is 139 Å². The van der Waals surface area contributed by atoms with Crippen molar-refractivity contribution in [3.8, 4) is 5.75 Å². The molecule has 7 heteroatoms. The van der Waals surface area contributed by atoms with Crippen LogP contribution in [0.25, 0.3) is 0 Å². The van der Waals surface area contributed by atoms with Gasteiger partial charge in [-0.25, -0.2) is 9.37 Å². The summed E-state index contributed by atoms with van der Waals surface area (Å²) < 4.78 is 19.0. The van der Waals surface area contributed by atoms with E-state index in [4.69, 9.17) is 4.74 Å². The SMILES string of the molecule is O=C(NC[C@H]1CCC[C@@H](Oc2cccc(F)c2)[C@@H]1O)c1ncc[nH]1. The second-order valence-electron chi connectivity index (χ2n) is 5.94. The summed E-state index contributed by atoms with van der Waals surface area (Å²) in [4.78, 5) is 18.5. The van der Waals surface area contributed by atoms with Gasteiger partial charge in [0.05, 0.1) is 6.10 Å². The van der Waals surface area contributed by atoms with Crippen LogP contribution in [0, 0.1) is 11.7 Å². The number of aromatic amines is 1. The highest BCUT2D eigenvalue weighted by atomic mass is 19.1. The number of benzene rings is 1. The van der Waals surface area contributed by atoms with Crippen LogP contribution >= 0.6 is 0 Å². The molecule has 1 fully saturated rings. The number of H-pyrrole nitrogens is 1. The van der Waals surface area contributed by atoms with Crippen LogP contribution in [-0.2, 0) is 0 Å². The number of carbonyl (C=O) groups is 1. The van der Waals surface area contributed by atoms with Gasteiger partial charge in [0.2, 0.25) is 0 Å². The molecule has 2 aromatic rings. The summed E-state index contributed by atoms with van der Waals surface area (Å²) in [6.07, 6.45) is 4.31. The Kier molecular flexibility index (Phi) is 5.10. The Balaban J connectivity index is 1.56. The standard InChI is InChI=1S/C17H20FN3O3/c18-12-4-2-5-13(9-12)24-14-6-1-3-11(15(14)22)10-21-17(23)16-19-7-8-20-16/h2,4-5,7-9,11,14-15,22H,1,3,6,10H2,(H,19,20)(H,21,23)/t11-,14-,15-/m1/s1. The van der Waals surface area contributed by atoms with Crippen molar-refractivity contribution >= 4 is 5.91 Å². The topological polar surface area (TPSA) is 87.2 Å². The van der Waals surface area contributed by atoms with Gasteiger partial charge in [-0.2, -0.15) is 0 Å². The van der Waals surface area contributed by atoms with E-state index in [1.807, 2.05) is 0 Å². The smallest absolute Gasteiger partial charge is 0.287 e. The fraction of sp³-hybridized carbons (Fsp3) is 0.412. The maximum absolute atomic E-state index is 13.2. The van der Waals surface area contributed by atoms with Crippen LogP contribution < -0.4 is 10.1 Å². The lowest BCUT2D eigenvalue weighted by Crippen LogP contribution is -2.46. The number of rotatable bonds is 5. The van der Waals surface area contributed by atoms with Gasteiger partial charge < -0.3 is 20.1 Å². The molecule has 1 amide bonds. The average Bonchev–Trinajstić information content (AvgIpc) is 3.10. The number of hydrogen-bond acceptors (Lipinski definition) is 4. The summed E-state index contributed by atoms with van der Waals surface area (Å²) in [5, 5.41) is 13.3. The third kappa shape index (κ3) is 3.91. The van der Waals surface area contributed by atoms with Gasteiger partial charge in [0.15, 0.2) is 5.82 Å². The zero-order valence-corrected chi connectivity index (χ0v) is 13.1. The van der Waals surface area contributed by atoms with Crippen molar-refractivity contribution in [1.82, 2.24) is 15.3 Å². The monoisotopic (exact) mass is 333 g/mol. The van der Waals surface area contributed by atoms with E-state index in [0.29, 0.717) is 18.7 Å². The number of amides is 1. The summed E-state index contributed by atoms with van der Waals surface area (Å²) in [6, 6.07) is 5.88. The first-order valence-corrected chi connectivity index (χ1v) is 8.01. The Morgan fingerprint density at radius 2 is 2.33 bits per heavy atom. The number of aromatic nitrogens is 2. The van der Waals surface area contributed by atoms with E-state index in [9.17, 15) is 14.3 Å². The summed E-state index contributed by atoms with van der Waals surface area (Å²) in [7, 11) is 0. The molecule has 1 aromatic carbocycles. The van der Waals surface area contributed by atoms with Gasteiger partial charge >= 0.3 is 0 Å². The molecule has 0 bridgehead atoms. The van der Waals surface area contributed by atoms with E-state index >= 15 is 0 Å². The molecule has 0 radical (unpaired) electrons. The molecule has 3 rings (SSSR count). The fourth-order valence-corrected chi connectivity index (χ4v) is 2.99. The predicted molar refractivity (Wildman–Crippen MR) is 85.1 cm³/mol. The molecule has 3 atom stereocenters.